The van der Waals surface area contributed by atoms with Gasteiger partial charge in [0.05, 0.1) is 10.7 Å². The number of fused-ring (bicyclic) bond motifs is 1. The average molecular weight is 548 g/mol. The van der Waals surface area contributed by atoms with E-state index in [1.807, 2.05) is 30.9 Å². The molecule has 0 bridgehead atoms. The molecule has 4 heterocycles. The van der Waals surface area contributed by atoms with Gasteiger partial charge in [-0.25, -0.2) is 19.3 Å². The monoisotopic (exact) mass is 547 g/mol. The van der Waals surface area contributed by atoms with Crippen LogP contribution in [0.4, 0.5) is 4.39 Å². The molecule has 1 aromatic carbocycles. The molecule has 1 aliphatic carbocycles. The molecule has 2 fully saturated rings. The fourth-order valence-electron chi connectivity index (χ4n) is 5.06. The van der Waals surface area contributed by atoms with E-state index >= 15 is 0 Å². The molecule has 1 saturated carbocycles. The van der Waals surface area contributed by atoms with E-state index in [1.54, 1.807) is 48.4 Å². The Morgan fingerprint density at radius 3 is 2.49 bits per heavy atom. The molecule has 39 heavy (non-hydrogen) atoms. The van der Waals surface area contributed by atoms with Crippen molar-refractivity contribution < 1.29 is 13.9 Å². The number of hydrogen-bond donors (Lipinski definition) is 1. The molecule has 2 aliphatic rings. The van der Waals surface area contributed by atoms with Crippen molar-refractivity contribution in [3.05, 3.63) is 77.0 Å². The highest BCUT2D eigenvalue weighted by Crippen LogP contribution is 2.48. The Hall–Kier alpha value is -3.89. The topological polar surface area (TPSA) is 112 Å². The number of hydrogen-bond acceptors (Lipinski definition) is 7. The molecule has 1 unspecified atom stereocenters. The lowest BCUT2D eigenvalue weighted by atomic mass is 9.95. The summed E-state index contributed by atoms with van der Waals surface area (Å²) >= 11 is 6.02. The Labute approximate surface area is 229 Å². The molecule has 3 atom stereocenters. The summed E-state index contributed by atoms with van der Waals surface area (Å²) in [6.07, 6.45) is 3.23. The number of pyridine rings is 1. The van der Waals surface area contributed by atoms with Gasteiger partial charge >= 0.3 is 0 Å². The van der Waals surface area contributed by atoms with Crippen LogP contribution in [0, 0.1) is 17.7 Å². The summed E-state index contributed by atoms with van der Waals surface area (Å²) < 4.78 is 21.6. The first kappa shape index (κ1) is 25.4. The van der Waals surface area contributed by atoms with Crippen LogP contribution in [0.25, 0.3) is 22.8 Å². The number of aryl methyl sites for hydroxylation is 1. The SMILES string of the molecule is Cn1nc(-c2ncccn2)cc1C(=O)N1C[C@@H]2C(Oc3cc(C(C)(C)N)cc(-c4ccc(F)c(Cl)c4)n3)[C@@H]2C1. The standard InChI is InChI=1S/C28H27ClFN7O2/c1-28(2,31)16-10-21(15-5-6-20(30)19(29)9-15)34-24(11-16)39-25-17-13-37(14-18(17)25)27(38)23-12-22(35-36(23)3)26-32-7-4-8-33-26/h4-12,17-18,25H,13-14,31H2,1-3H3/t17-,18+,25?. The fraction of sp³-hybridized carbons (Fsp3) is 0.321. The number of halogens is 2. The van der Waals surface area contributed by atoms with Crippen LogP contribution in [-0.2, 0) is 12.6 Å². The van der Waals surface area contributed by atoms with Gasteiger partial charge in [0, 0.05) is 67.6 Å². The van der Waals surface area contributed by atoms with E-state index < -0.39 is 11.4 Å². The normalized spacial score (nSPS) is 20.2. The number of carbonyl (C=O) groups is 1. The molecule has 9 nitrogen and oxygen atoms in total. The molecule has 4 aromatic rings. The Balaban J connectivity index is 1.17. The molecule has 0 radical (unpaired) electrons. The number of likely N-dealkylation sites (tertiary alicyclic amines) is 1. The Morgan fingerprint density at radius 2 is 1.82 bits per heavy atom. The lowest BCUT2D eigenvalue weighted by Gasteiger charge is -2.22. The van der Waals surface area contributed by atoms with Crippen molar-refractivity contribution >= 4 is 17.5 Å². The minimum absolute atomic E-state index is 0.0208. The average Bonchev–Trinajstić information content (AvgIpc) is 3.22. The maximum Gasteiger partial charge on any atom is 0.272 e. The smallest absolute Gasteiger partial charge is 0.272 e. The predicted molar refractivity (Wildman–Crippen MR) is 143 cm³/mol. The number of carbonyl (C=O) groups excluding carboxylic acids is 1. The van der Waals surface area contributed by atoms with E-state index in [2.05, 4.69) is 20.1 Å². The minimum Gasteiger partial charge on any atom is -0.474 e. The van der Waals surface area contributed by atoms with Gasteiger partial charge in [-0.2, -0.15) is 5.10 Å². The number of aromatic nitrogens is 5. The van der Waals surface area contributed by atoms with Gasteiger partial charge in [-0.1, -0.05) is 11.6 Å². The number of amides is 1. The van der Waals surface area contributed by atoms with Gasteiger partial charge in [-0.15, -0.1) is 0 Å². The van der Waals surface area contributed by atoms with Gasteiger partial charge in [0.1, 0.15) is 23.3 Å². The zero-order valence-corrected chi connectivity index (χ0v) is 22.4. The van der Waals surface area contributed by atoms with E-state index in [0.717, 1.165) is 5.56 Å². The Bertz CT molecular complexity index is 1560. The summed E-state index contributed by atoms with van der Waals surface area (Å²) in [5.74, 6) is 0.755. The van der Waals surface area contributed by atoms with Gasteiger partial charge < -0.3 is 15.4 Å². The van der Waals surface area contributed by atoms with Crippen LogP contribution in [0.5, 0.6) is 5.88 Å². The van der Waals surface area contributed by atoms with E-state index in [9.17, 15) is 9.18 Å². The minimum atomic E-state index is -0.644. The molecular formula is C28H27ClFN7O2. The number of rotatable bonds is 6. The van der Waals surface area contributed by atoms with Crippen molar-refractivity contribution in [2.45, 2.75) is 25.5 Å². The highest BCUT2D eigenvalue weighted by Gasteiger charge is 2.59. The van der Waals surface area contributed by atoms with Crippen LogP contribution in [0.15, 0.2) is 54.9 Å². The molecule has 3 aromatic heterocycles. The zero-order chi connectivity index (χ0) is 27.5. The molecule has 2 N–H and O–H groups in total. The number of nitrogens with zero attached hydrogens (tertiary/aromatic N) is 6. The Kier molecular flexibility index (Phi) is 6.11. The van der Waals surface area contributed by atoms with Gasteiger partial charge in [0.15, 0.2) is 5.82 Å². The largest absolute Gasteiger partial charge is 0.474 e. The molecular weight excluding hydrogens is 521 g/mol. The van der Waals surface area contributed by atoms with Gasteiger partial charge in [0.2, 0.25) is 5.88 Å². The van der Waals surface area contributed by atoms with Gasteiger partial charge in [-0.05, 0) is 49.7 Å². The van der Waals surface area contributed by atoms with Crippen LogP contribution in [0.2, 0.25) is 5.02 Å². The van der Waals surface area contributed by atoms with Crippen LogP contribution in [0.3, 0.4) is 0 Å². The second-order valence-electron chi connectivity index (χ2n) is 10.7. The molecule has 6 rings (SSSR count). The summed E-state index contributed by atoms with van der Waals surface area (Å²) in [7, 11) is 1.74. The molecule has 1 aliphatic heterocycles. The molecule has 0 spiro atoms. The zero-order valence-electron chi connectivity index (χ0n) is 21.7. The third kappa shape index (κ3) is 4.86. The van der Waals surface area contributed by atoms with Gasteiger partial charge in [-0.3, -0.25) is 9.48 Å². The summed E-state index contributed by atoms with van der Waals surface area (Å²) in [6, 6.07) is 11.7. The maximum absolute atomic E-state index is 13.7. The lowest BCUT2D eigenvalue weighted by Crippen LogP contribution is -2.34. The van der Waals surface area contributed by atoms with Crippen molar-refractivity contribution in [3.63, 3.8) is 0 Å². The van der Waals surface area contributed by atoms with Crippen LogP contribution in [-0.4, -0.2) is 54.7 Å². The predicted octanol–water partition coefficient (Wildman–Crippen LogP) is 4.07. The number of piperidine rings is 1. The third-order valence-electron chi connectivity index (χ3n) is 7.31. The van der Waals surface area contributed by atoms with E-state index in [4.69, 9.17) is 22.1 Å². The quantitative estimate of drug-likeness (QED) is 0.387. The van der Waals surface area contributed by atoms with Crippen molar-refractivity contribution in [1.82, 2.24) is 29.6 Å². The van der Waals surface area contributed by atoms with E-state index in [-0.39, 0.29) is 28.9 Å². The van der Waals surface area contributed by atoms with Crippen molar-refractivity contribution in [3.8, 4) is 28.7 Å². The number of benzene rings is 1. The first-order chi connectivity index (χ1) is 18.6. The van der Waals surface area contributed by atoms with E-state index in [0.29, 0.717) is 47.4 Å². The summed E-state index contributed by atoms with van der Waals surface area (Å²) in [5, 5.41) is 4.44. The van der Waals surface area contributed by atoms with Crippen LogP contribution >= 0.6 is 11.6 Å². The van der Waals surface area contributed by atoms with Crippen molar-refractivity contribution in [1.29, 1.82) is 0 Å². The fourth-order valence-corrected chi connectivity index (χ4v) is 5.24. The Morgan fingerprint density at radius 1 is 1.10 bits per heavy atom. The summed E-state index contributed by atoms with van der Waals surface area (Å²) in [4.78, 5) is 28.2. The first-order valence-corrected chi connectivity index (χ1v) is 13.0. The first-order valence-electron chi connectivity index (χ1n) is 12.6. The van der Waals surface area contributed by atoms with E-state index in [1.165, 1.54) is 6.07 Å². The number of ether oxygens (including phenoxy) is 1. The maximum atomic E-state index is 13.7. The highest BCUT2D eigenvalue weighted by atomic mass is 35.5. The number of nitrogens with two attached hydrogens (primary N) is 1. The highest BCUT2D eigenvalue weighted by molar-refractivity contribution is 6.31. The summed E-state index contributed by atoms with van der Waals surface area (Å²) in [6.45, 7) is 4.96. The lowest BCUT2D eigenvalue weighted by molar-refractivity contribution is 0.0740. The summed E-state index contributed by atoms with van der Waals surface area (Å²) in [5.41, 5.74) is 8.89. The molecule has 200 valence electrons. The molecule has 1 saturated heterocycles. The van der Waals surface area contributed by atoms with Gasteiger partial charge in [0.25, 0.3) is 5.91 Å². The van der Waals surface area contributed by atoms with Crippen molar-refractivity contribution in [2.75, 3.05) is 13.1 Å². The van der Waals surface area contributed by atoms with Crippen LogP contribution < -0.4 is 10.5 Å². The van der Waals surface area contributed by atoms with Crippen molar-refractivity contribution in [2.24, 2.45) is 24.6 Å². The van der Waals surface area contributed by atoms with Crippen LogP contribution in [0.1, 0.15) is 29.9 Å². The second kappa shape index (κ2) is 9.39. The molecule has 1 amide bonds. The molecule has 11 heteroatoms. The third-order valence-corrected chi connectivity index (χ3v) is 7.60. The second-order valence-corrected chi connectivity index (χ2v) is 11.1.